The SMILES string of the molecule is CNCCc1c(C)nc(C2(C)CCCCO2)nc1C. The average molecular weight is 263 g/mol. The molecule has 0 bridgehead atoms. The molecular weight excluding hydrogens is 238 g/mol. The van der Waals surface area contributed by atoms with Gasteiger partial charge in [-0.3, -0.25) is 0 Å². The maximum Gasteiger partial charge on any atom is 0.160 e. The molecule has 1 aliphatic heterocycles. The van der Waals surface area contributed by atoms with E-state index < -0.39 is 0 Å². The van der Waals surface area contributed by atoms with Crippen LogP contribution in [0, 0.1) is 13.8 Å². The normalized spacial score (nSPS) is 23.6. The molecule has 19 heavy (non-hydrogen) atoms. The molecule has 106 valence electrons. The number of ether oxygens (including phenoxy) is 1. The lowest BCUT2D eigenvalue weighted by Gasteiger charge is -2.33. The van der Waals surface area contributed by atoms with Gasteiger partial charge in [0.05, 0.1) is 0 Å². The molecule has 1 aromatic rings. The summed E-state index contributed by atoms with van der Waals surface area (Å²) in [6.07, 6.45) is 4.33. The zero-order valence-electron chi connectivity index (χ0n) is 12.5. The molecule has 1 fully saturated rings. The lowest BCUT2D eigenvalue weighted by molar-refractivity contribution is -0.0762. The van der Waals surface area contributed by atoms with Crippen molar-refractivity contribution in [3.05, 3.63) is 22.8 Å². The Morgan fingerprint density at radius 3 is 2.42 bits per heavy atom. The lowest BCUT2D eigenvalue weighted by atomic mass is 9.94. The van der Waals surface area contributed by atoms with Gasteiger partial charge in [0.25, 0.3) is 0 Å². The Labute approximate surface area is 116 Å². The van der Waals surface area contributed by atoms with Gasteiger partial charge in [-0.05, 0) is 65.6 Å². The summed E-state index contributed by atoms with van der Waals surface area (Å²) >= 11 is 0. The molecule has 4 nitrogen and oxygen atoms in total. The highest BCUT2D eigenvalue weighted by Gasteiger charge is 2.33. The summed E-state index contributed by atoms with van der Waals surface area (Å²) in [5, 5.41) is 3.18. The van der Waals surface area contributed by atoms with Gasteiger partial charge in [-0.1, -0.05) is 0 Å². The molecule has 4 heteroatoms. The van der Waals surface area contributed by atoms with Gasteiger partial charge in [-0.25, -0.2) is 9.97 Å². The highest BCUT2D eigenvalue weighted by atomic mass is 16.5. The van der Waals surface area contributed by atoms with Crippen molar-refractivity contribution >= 4 is 0 Å². The Kier molecular flexibility index (Phi) is 4.53. The zero-order chi connectivity index (χ0) is 13.9. The summed E-state index contributed by atoms with van der Waals surface area (Å²) in [5.41, 5.74) is 3.15. The van der Waals surface area contributed by atoms with Gasteiger partial charge in [0, 0.05) is 18.0 Å². The van der Waals surface area contributed by atoms with Crippen molar-refractivity contribution in [3.8, 4) is 0 Å². The fraction of sp³-hybridized carbons (Fsp3) is 0.733. The maximum atomic E-state index is 5.95. The number of nitrogens with zero attached hydrogens (tertiary/aromatic N) is 2. The van der Waals surface area contributed by atoms with Crippen LogP contribution in [-0.4, -0.2) is 30.2 Å². The van der Waals surface area contributed by atoms with Gasteiger partial charge in [0.2, 0.25) is 0 Å². The van der Waals surface area contributed by atoms with E-state index in [2.05, 4.69) is 26.1 Å². The molecule has 1 unspecified atom stereocenters. The number of aryl methyl sites for hydroxylation is 2. The number of likely N-dealkylation sites (N-methyl/N-ethyl adjacent to an activating group) is 1. The monoisotopic (exact) mass is 263 g/mol. The molecule has 0 saturated carbocycles. The summed E-state index contributed by atoms with van der Waals surface area (Å²) in [6, 6.07) is 0. The van der Waals surface area contributed by atoms with E-state index in [1.54, 1.807) is 0 Å². The van der Waals surface area contributed by atoms with Crippen molar-refractivity contribution in [2.75, 3.05) is 20.2 Å². The molecule has 1 atom stereocenters. The predicted molar refractivity (Wildman–Crippen MR) is 76.3 cm³/mol. The number of rotatable bonds is 4. The first-order chi connectivity index (χ1) is 9.07. The lowest BCUT2D eigenvalue weighted by Crippen LogP contribution is -2.33. The second-order valence-corrected chi connectivity index (χ2v) is 5.59. The van der Waals surface area contributed by atoms with E-state index in [9.17, 15) is 0 Å². The smallest absolute Gasteiger partial charge is 0.160 e. The maximum absolute atomic E-state index is 5.95. The largest absolute Gasteiger partial charge is 0.367 e. The molecule has 1 aliphatic rings. The van der Waals surface area contributed by atoms with Crippen LogP contribution in [0.25, 0.3) is 0 Å². The first kappa shape index (κ1) is 14.4. The van der Waals surface area contributed by atoms with Gasteiger partial charge < -0.3 is 10.1 Å². The van der Waals surface area contributed by atoms with Crippen molar-refractivity contribution in [3.63, 3.8) is 0 Å². The number of hydrogen-bond donors (Lipinski definition) is 1. The average Bonchev–Trinajstić information content (AvgIpc) is 2.38. The molecule has 0 amide bonds. The van der Waals surface area contributed by atoms with Crippen LogP contribution in [0.2, 0.25) is 0 Å². The highest BCUT2D eigenvalue weighted by molar-refractivity contribution is 5.26. The molecule has 1 aromatic heterocycles. The van der Waals surface area contributed by atoms with Crippen LogP contribution in [0.15, 0.2) is 0 Å². The number of nitrogens with one attached hydrogen (secondary N) is 1. The van der Waals surface area contributed by atoms with E-state index in [0.29, 0.717) is 0 Å². The summed E-state index contributed by atoms with van der Waals surface area (Å²) in [4.78, 5) is 9.44. The van der Waals surface area contributed by atoms with Crippen LogP contribution in [0.5, 0.6) is 0 Å². The number of aromatic nitrogens is 2. The van der Waals surface area contributed by atoms with Crippen LogP contribution < -0.4 is 5.32 Å². The van der Waals surface area contributed by atoms with Gasteiger partial charge in [-0.2, -0.15) is 0 Å². The quantitative estimate of drug-likeness (QED) is 0.905. The van der Waals surface area contributed by atoms with Crippen LogP contribution in [0.1, 0.15) is 49.0 Å². The van der Waals surface area contributed by atoms with Crippen molar-refractivity contribution in [2.24, 2.45) is 0 Å². The molecule has 0 spiro atoms. The van der Waals surface area contributed by atoms with Crippen molar-refractivity contribution in [2.45, 2.75) is 52.1 Å². The van der Waals surface area contributed by atoms with E-state index in [1.165, 1.54) is 12.0 Å². The van der Waals surface area contributed by atoms with Crippen molar-refractivity contribution < 1.29 is 4.74 Å². The minimum absolute atomic E-state index is 0.296. The highest BCUT2D eigenvalue weighted by Crippen LogP contribution is 2.33. The summed E-state index contributed by atoms with van der Waals surface area (Å²) in [6.45, 7) is 8.05. The summed E-state index contributed by atoms with van der Waals surface area (Å²) in [5.74, 6) is 0.857. The fourth-order valence-electron chi connectivity index (χ4n) is 2.70. The first-order valence-corrected chi connectivity index (χ1v) is 7.20. The molecule has 0 radical (unpaired) electrons. The van der Waals surface area contributed by atoms with Crippen molar-refractivity contribution in [1.82, 2.24) is 15.3 Å². The van der Waals surface area contributed by atoms with E-state index in [-0.39, 0.29) is 5.60 Å². The summed E-state index contributed by atoms with van der Waals surface area (Å²) < 4.78 is 5.95. The van der Waals surface area contributed by atoms with E-state index >= 15 is 0 Å². The molecule has 0 aromatic carbocycles. The molecular formula is C15H25N3O. The Balaban J connectivity index is 2.28. The third-order valence-corrected chi connectivity index (χ3v) is 3.99. The van der Waals surface area contributed by atoms with Crippen LogP contribution in [-0.2, 0) is 16.8 Å². The molecule has 1 saturated heterocycles. The fourth-order valence-corrected chi connectivity index (χ4v) is 2.70. The van der Waals surface area contributed by atoms with Gasteiger partial charge in [0.15, 0.2) is 5.82 Å². The molecule has 1 N–H and O–H groups in total. The number of hydrogen-bond acceptors (Lipinski definition) is 4. The second kappa shape index (κ2) is 5.97. The Morgan fingerprint density at radius 1 is 1.21 bits per heavy atom. The zero-order valence-corrected chi connectivity index (χ0v) is 12.5. The minimum atomic E-state index is -0.296. The third kappa shape index (κ3) is 3.12. The second-order valence-electron chi connectivity index (χ2n) is 5.59. The summed E-state index contributed by atoms with van der Waals surface area (Å²) in [7, 11) is 1.97. The third-order valence-electron chi connectivity index (χ3n) is 3.99. The van der Waals surface area contributed by atoms with Gasteiger partial charge in [-0.15, -0.1) is 0 Å². The van der Waals surface area contributed by atoms with Gasteiger partial charge in [0.1, 0.15) is 5.60 Å². The topological polar surface area (TPSA) is 47.0 Å². The van der Waals surface area contributed by atoms with Crippen LogP contribution in [0.3, 0.4) is 0 Å². The standard InChI is InChI=1S/C15H25N3O/c1-11-13(7-9-16-4)12(2)18-14(17-11)15(3)8-5-6-10-19-15/h16H,5-10H2,1-4H3. The van der Waals surface area contributed by atoms with Crippen LogP contribution >= 0.6 is 0 Å². The van der Waals surface area contributed by atoms with E-state index in [4.69, 9.17) is 14.7 Å². The van der Waals surface area contributed by atoms with Gasteiger partial charge >= 0.3 is 0 Å². The first-order valence-electron chi connectivity index (χ1n) is 7.20. The van der Waals surface area contributed by atoms with Crippen LogP contribution in [0.4, 0.5) is 0 Å². The Bertz CT molecular complexity index is 416. The Morgan fingerprint density at radius 2 is 1.89 bits per heavy atom. The van der Waals surface area contributed by atoms with Crippen molar-refractivity contribution in [1.29, 1.82) is 0 Å². The molecule has 0 aliphatic carbocycles. The predicted octanol–water partition coefficient (Wildman–Crippen LogP) is 2.27. The van der Waals surface area contributed by atoms with E-state index in [1.807, 2.05) is 7.05 Å². The Hall–Kier alpha value is -1.00. The minimum Gasteiger partial charge on any atom is -0.367 e. The molecule has 2 heterocycles. The van der Waals surface area contributed by atoms with E-state index in [0.717, 1.165) is 49.6 Å². The molecule has 2 rings (SSSR count).